The van der Waals surface area contributed by atoms with Gasteiger partial charge in [-0.3, -0.25) is 0 Å². The van der Waals surface area contributed by atoms with Gasteiger partial charge in [0.1, 0.15) is 0 Å². The van der Waals surface area contributed by atoms with Gasteiger partial charge in [0.2, 0.25) is 0 Å². The SMILES string of the molecule is COCCN(c1ccc(Cl)cc1CNC(C)(C)C)C1CC1. The summed E-state index contributed by atoms with van der Waals surface area (Å²) in [6.45, 7) is 9.06. The van der Waals surface area contributed by atoms with E-state index in [-0.39, 0.29) is 5.54 Å². The molecule has 1 aromatic carbocycles. The van der Waals surface area contributed by atoms with E-state index in [2.05, 4.69) is 43.1 Å². The minimum absolute atomic E-state index is 0.0938. The van der Waals surface area contributed by atoms with E-state index in [1.165, 1.54) is 24.1 Å². The van der Waals surface area contributed by atoms with Crippen LogP contribution in [0.15, 0.2) is 18.2 Å². The molecule has 0 atom stereocenters. The van der Waals surface area contributed by atoms with Crippen molar-refractivity contribution in [3.05, 3.63) is 28.8 Å². The van der Waals surface area contributed by atoms with Crippen LogP contribution in [0.25, 0.3) is 0 Å². The lowest BCUT2D eigenvalue weighted by atomic mass is 10.1. The lowest BCUT2D eigenvalue weighted by Gasteiger charge is -2.29. The Bertz CT molecular complexity index is 466. The van der Waals surface area contributed by atoms with E-state index in [4.69, 9.17) is 16.3 Å². The lowest BCUT2D eigenvalue weighted by Crippen LogP contribution is -2.36. The Kier molecular flexibility index (Phi) is 5.53. The van der Waals surface area contributed by atoms with Crippen LogP contribution in [0, 0.1) is 0 Å². The smallest absolute Gasteiger partial charge is 0.0637 e. The summed E-state index contributed by atoms with van der Waals surface area (Å²) < 4.78 is 5.27. The summed E-state index contributed by atoms with van der Waals surface area (Å²) >= 11 is 6.20. The van der Waals surface area contributed by atoms with Crippen LogP contribution in [-0.4, -0.2) is 31.8 Å². The van der Waals surface area contributed by atoms with Crippen molar-refractivity contribution in [3.8, 4) is 0 Å². The second-order valence-electron chi connectivity index (χ2n) is 6.79. The molecule has 1 aromatic rings. The molecule has 0 aromatic heterocycles. The fourth-order valence-corrected chi connectivity index (χ4v) is 2.61. The molecule has 21 heavy (non-hydrogen) atoms. The van der Waals surface area contributed by atoms with Crippen molar-refractivity contribution in [1.29, 1.82) is 0 Å². The van der Waals surface area contributed by atoms with E-state index in [0.717, 1.165) is 24.7 Å². The van der Waals surface area contributed by atoms with Gasteiger partial charge in [0.05, 0.1) is 6.61 Å². The number of hydrogen-bond donors (Lipinski definition) is 1. The Balaban J connectivity index is 2.19. The van der Waals surface area contributed by atoms with Crippen molar-refractivity contribution in [2.24, 2.45) is 0 Å². The maximum Gasteiger partial charge on any atom is 0.0637 e. The van der Waals surface area contributed by atoms with E-state index in [0.29, 0.717) is 6.04 Å². The third-order valence-corrected chi connectivity index (χ3v) is 3.92. The normalized spacial score (nSPS) is 15.3. The predicted octanol–water partition coefficient (Wildman–Crippen LogP) is 3.84. The van der Waals surface area contributed by atoms with Gasteiger partial charge in [-0.1, -0.05) is 11.6 Å². The Morgan fingerprint density at radius 2 is 2.05 bits per heavy atom. The number of halogens is 1. The molecule has 0 radical (unpaired) electrons. The van der Waals surface area contributed by atoms with Crippen LogP contribution in [0.5, 0.6) is 0 Å². The first-order valence-corrected chi connectivity index (χ1v) is 8.07. The molecule has 1 aliphatic carbocycles. The average Bonchev–Trinajstić information content (AvgIpc) is 3.22. The second kappa shape index (κ2) is 6.99. The molecule has 0 heterocycles. The first-order valence-electron chi connectivity index (χ1n) is 7.70. The molecule has 0 spiro atoms. The molecule has 1 fully saturated rings. The van der Waals surface area contributed by atoms with Crippen LogP contribution in [0.1, 0.15) is 39.2 Å². The molecule has 3 nitrogen and oxygen atoms in total. The molecule has 0 aliphatic heterocycles. The van der Waals surface area contributed by atoms with Crippen LogP contribution >= 0.6 is 11.6 Å². The van der Waals surface area contributed by atoms with Crippen molar-refractivity contribution in [1.82, 2.24) is 5.32 Å². The molecule has 1 N–H and O–H groups in total. The molecular weight excluding hydrogens is 284 g/mol. The van der Waals surface area contributed by atoms with Crippen molar-refractivity contribution in [2.75, 3.05) is 25.2 Å². The summed E-state index contributed by atoms with van der Waals surface area (Å²) in [6, 6.07) is 6.88. The third kappa shape index (κ3) is 5.17. The number of methoxy groups -OCH3 is 1. The van der Waals surface area contributed by atoms with E-state index in [9.17, 15) is 0 Å². The monoisotopic (exact) mass is 310 g/mol. The Hall–Kier alpha value is -0.770. The van der Waals surface area contributed by atoms with Gasteiger partial charge in [-0.25, -0.2) is 0 Å². The zero-order chi connectivity index (χ0) is 15.5. The van der Waals surface area contributed by atoms with E-state index >= 15 is 0 Å². The highest BCUT2D eigenvalue weighted by molar-refractivity contribution is 6.30. The number of anilines is 1. The van der Waals surface area contributed by atoms with Gasteiger partial charge in [-0.2, -0.15) is 0 Å². The highest BCUT2D eigenvalue weighted by atomic mass is 35.5. The standard InChI is InChI=1S/C17H27ClN2O/c1-17(2,3)19-12-13-11-14(18)5-8-16(13)20(9-10-21-4)15-6-7-15/h5,8,11,15,19H,6-7,9-10,12H2,1-4H3. The van der Waals surface area contributed by atoms with Crippen LogP contribution in [0.3, 0.4) is 0 Å². The maximum absolute atomic E-state index is 6.20. The van der Waals surface area contributed by atoms with Crippen molar-refractivity contribution in [3.63, 3.8) is 0 Å². The summed E-state index contributed by atoms with van der Waals surface area (Å²) in [5.41, 5.74) is 2.65. The van der Waals surface area contributed by atoms with Gasteiger partial charge in [-0.15, -0.1) is 0 Å². The number of rotatable bonds is 7. The van der Waals surface area contributed by atoms with Gasteiger partial charge in [0, 0.05) is 42.5 Å². The number of hydrogen-bond acceptors (Lipinski definition) is 3. The van der Waals surface area contributed by atoms with Crippen molar-refractivity contribution < 1.29 is 4.74 Å². The first kappa shape index (κ1) is 16.6. The zero-order valence-corrected chi connectivity index (χ0v) is 14.3. The van der Waals surface area contributed by atoms with Crippen molar-refractivity contribution in [2.45, 2.75) is 51.7 Å². The van der Waals surface area contributed by atoms with Gasteiger partial charge < -0.3 is 15.0 Å². The van der Waals surface area contributed by atoms with Crippen molar-refractivity contribution >= 4 is 17.3 Å². The van der Waals surface area contributed by atoms with E-state index in [1.807, 2.05) is 6.07 Å². The maximum atomic E-state index is 6.20. The Morgan fingerprint density at radius 3 is 2.62 bits per heavy atom. The first-order chi connectivity index (χ1) is 9.90. The third-order valence-electron chi connectivity index (χ3n) is 3.68. The molecular formula is C17H27ClN2O. The summed E-state index contributed by atoms with van der Waals surface area (Å²) in [5, 5.41) is 4.36. The van der Waals surface area contributed by atoms with Gasteiger partial charge in [0.15, 0.2) is 0 Å². The molecule has 2 rings (SSSR count). The minimum Gasteiger partial charge on any atom is -0.383 e. The summed E-state index contributed by atoms with van der Waals surface area (Å²) in [7, 11) is 1.76. The highest BCUT2D eigenvalue weighted by Gasteiger charge is 2.30. The number of nitrogens with one attached hydrogen (secondary N) is 1. The lowest BCUT2D eigenvalue weighted by molar-refractivity contribution is 0.205. The van der Waals surface area contributed by atoms with Gasteiger partial charge in [0.25, 0.3) is 0 Å². The zero-order valence-electron chi connectivity index (χ0n) is 13.6. The van der Waals surface area contributed by atoms with Gasteiger partial charge in [-0.05, 0) is 57.4 Å². The molecule has 4 heteroatoms. The Labute approximate surface area is 133 Å². The van der Waals surface area contributed by atoms with E-state index < -0.39 is 0 Å². The number of nitrogens with zero attached hydrogens (tertiary/aromatic N) is 1. The van der Waals surface area contributed by atoms with Gasteiger partial charge >= 0.3 is 0 Å². The summed E-state index contributed by atoms with van der Waals surface area (Å²) in [4.78, 5) is 2.47. The van der Waals surface area contributed by atoms with Crippen LogP contribution in [0.2, 0.25) is 5.02 Å². The molecule has 1 aliphatic rings. The molecule has 0 saturated heterocycles. The molecule has 1 saturated carbocycles. The fourth-order valence-electron chi connectivity index (χ4n) is 2.41. The minimum atomic E-state index is 0.0938. The summed E-state index contributed by atoms with van der Waals surface area (Å²) in [6.07, 6.45) is 2.55. The van der Waals surface area contributed by atoms with E-state index in [1.54, 1.807) is 7.11 Å². The molecule has 0 amide bonds. The van der Waals surface area contributed by atoms with Crippen LogP contribution in [-0.2, 0) is 11.3 Å². The van der Waals surface area contributed by atoms with Crippen LogP contribution < -0.4 is 10.2 Å². The quantitative estimate of drug-likeness (QED) is 0.828. The van der Waals surface area contributed by atoms with Crippen LogP contribution in [0.4, 0.5) is 5.69 Å². The highest BCUT2D eigenvalue weighted by Crippen LogP contribution is 2.34. The average molecular weight is 311 g/mol. The summed E-state index contributed by atoms with van der Waals surface area (Å²) in [5.74, 6) is 0. The topological polar surface area (TPSA) is 24.5 Å². The number of ether oxygens (including phenoxy) is 1. The second-order valence-corrected chi connectivity index (χ2v) is 7.23. The number of benzene rings is 1. The largest absolute Gasteiger partial charge is 0.383 e. The molecule has 0 bridgehead atoms. The predicted molar refractivity (Wildman–Crippen MR) is 90.3 cm³/mol. The molecule has 118 valence electrons. The Morgan fingerprint density at radius 1 is 1.33 bits per heavy atom. The molecule has 0 unspecified atom stereocenters. The fraction of sp³-hybridized carbons (Fsp3) is 0.647.